The van der Waals surface area contributed by atoms with Crippen molar-refractivity contribution >= 4 is 18.4 Å². The van der Waals surface area contributed by atoms with Crippen molar-refractivity contribution in [3.63, 3.8) is 0 Å². The van der Waals surface area contributed by atoms with Crippen LogP contribution in [0, 0.1) is 0 Å². The van der Waals surface area contributed by atoms with Crippen molar-refractivity contribution < 1.29 is 9.94 Å². The maximum atomic E-state index is 8.13. The maximum Gasteiger partial charge on any atom is 0.326 e. The largest absolute Gasteiger partial charge is 0.424 e. The van der Waals surface area contributed by atoms with Gasteiger partial charge < -0.3 is 15.7 Å². The van der Waals surface area contributed by atoms with Crippen LogP contribution in [0.4, 0.5) is 0 Å². The molecular weight excluding hydrogens is 180 g/mol. The molecule has 0 saturated carbocycles. The highest BCUT2D eigenvalue weighted by Crippen LogP contribution is 2.07. The minimum atomic E-state index is -0.267. The minimum absolute atomic E-state index is 0. The molecule has 0 aliphatic heterocycles. The van der Waals surface area contributed by atoms with Crippen LogP contribution < -0.4 is 10.5 Å². The Morgan fingerprint density at radius 3 is 2.42 bits per heavy atom. The summed E-state index contributed by atoms with van der Waals surface area (Å²) in [5.41, 5.74) is 5.08. The Labute approximate surface area is 76.0 Å². The van der Waals surface area contributed by atoms with Gasteiger partial charge in [0.1, 0.15) is 5.75 Å². The molecule has 0 saturated heterocycles. The third-order valence-electron chi connectivity index (χ3n) is 1.06. The molecular formula is C7H9ClN2O2. The number of amidine groups is 1. The quantitative estimate of drug-likeness (QED) is 0.301. The third kappa shape index (κ3) is 3.12. The van der Waals surface area contributed by atoms with Gasteiger partial charge in [-0.3, -0.25) is 0 Å². The predicted molar refractivity (Wildman–Crippen MR) is 47.7 cm³/mol. The van der Waals surface area contributed by atoms with Crippen LogP contribution in [-0.4, -0.2) is 11.2 Å². The fourth-order valence-corrected chi connectivity index (χ4v) is 0.630. The first-order valence-electron chi connectivity index (χ1n) is 3.03. The summed E-state index contributed by atoms with van der Waals surface area (Å²) in [4.78, 5) is 0. The van der Waals surface area contributed by atoms with Crippen LogP contribution in [0.3, 0.4) is 0 Å². The van der Waals surface area contributed by atoms with Gasteiger partial charge in [0.15, 0.2) is 0 Å². The zero-order chi connectivity index (χ0) is 8.10. The molecule has 1 aromatic rings. The molecule has 1 aromatic carbocycles. The van der Waals surface area contributed by atoms with Gasteiger partial charge in [-0.25, -0.2) is 0 Å². The Hall–Kier alpha value is -1.42. The molecule has 0 radical (unpaired) electrons. The van der Waals surface area contributed by atoms with Crippen molar-refractivity contribution in [3.05, 3.63) is 30.3 Å². The summed E-state index contributed by atoms with van der Waals surface area (Å²) < 4.78 is 4.84. The SMILES string of the molecule is Cl.NC(=NO)Oc1ccccc1. The second kappa shape index (κ2) is 5.26. The molecule has 4 nitrogen and oxygen atoms in total. The van der Waals surface area contributed by atoms with Gasteiger partial charge in [-0.2, -0.15) is 0 Å². The summed E-state index contributed by atoms with van der Waals surface area (Å²) >= 11 is 0. The molecule has 0 atom stereocenters. The Morgan fingerprint density at radius 2 is 1.92 bits per heavy atom. The zero-order valence-corrected chi connectivity index (χ0v) is 6.99. The molecule has 66 valence electrons. The van der Waals surface area contributed by atoms with Gasteiger partial charge in [0.2, 0.25) is 0 Å². The second-order valence-corrected chi connectivity index (χ2v) is 1.85. The van der Waals surface area contributed by atoms with Crippen LogP contribution in [0.5, 0.6) is 5.75 Å². The Kier molecular flexibility index (Phi) is 4.64. The summed E-state index contributed by atoms with van der Waals surface area (Å²) in [6.07, 6.45) is 0. The molecule has 0 aromatic heterocycles. The fraction of sp³-hybridized carbons (Fsp3) is 0. The number of hydrogen-bond acceptors (Lipinski definition) is 3. The lowest BCUT2D eigenvalue weighted by Crippen LogP contribution is -2.19. The van der Waals surface area contributed by atoms with Gasteiger partial charge in [0.05, 0.1) is 0 Å². The lowest BCUT2D eigenvalue weighted by molar-refractivity contribution is 0.302. The van der Waals surface area contributed by atoms with Crippen LogP contribution in [0.15, 0.2) is 35.5 Å². The topological polar surface area (TPSA) is 67.8 Å². The van der Waals surface area contributed by atoms with Crippen molar-refractivity contribution in [2.75, 3.05) is 0 Å². The number of rotatable bonds is 1. The van der Waals surface area contributed by atoms with Crippen molar-refractivity contribution in [3.8, 4) is 5.75 Å². The van der Waals surface area contributed by atoms with Gasteiger partial charge in [0, 0.05) is 0 Å². The van der Waals surface area contributed by atoms with Gasteiger partial charge >= 0.3 is 6.02 Å². The second-order valence-electron chi connectivity index (χ2n) is 1.85. The van der Waals surface area contributed by atoms with Crippen LogP contribution >= 0.6 is 12.4 Å². The molecule has 5 heteroatoms. The Morgan fingerprint density at radius 1 is 1.33 bits per heavy atom. The highest BCUT2D eigenvalue weighted by atomic mass is 35.5. The van der Waals surface area contributed by atoms with Crippen LogP contribution in [0.25, 0.3) is 0 Å². The average molecular weight is 189 g/mol. The molecule has 0 bridgehead atoms. The molecule has 0 heterocycles. The van der Waals surface area contributed by atoms with E-state index in [1.807, 2.05) is 6.07 Å². The van der Waals surface area contributed by atoms with E-state index < -0.39 is 0 Å². The van der Waals surface area contributed by atoms with E-state index in [2.05, 4.69) is 5.16 Å². The standard InChI is InChI=1S/C7H8N2O2.ClH/c8-7(9-10)11-6-4-2-1-3-5-6;/h1-5,10H,(H2,8,9);1H. The molecule has 12 heavy (non-hydrogen) atoms. The number of ether oxygens (including phenoxy) is 1. The van der Waals surface area contributed by atoms with E-state index in [-0.39, 0.29) is 18.4 Å². The number of oxime groups is 1. The highest BCUT2D eigenvalue weighted by molar-refractivity contribution is 5.85. The summed E-state index contributed by atoms with van der Waals surface area (Å²) in [5.74, 6) is 0.544. The van der Waals surface area contributed by atoms with E-state index in [1.54, 1.807) is 24.3 Å². The molecule has 0 amide bonds. The first-order valence-corrected chi connectivity index (χ1v) is 3.03. The third-order valence-corrected chi connectivity index (χ3v) is 1.06. The van der Waals surface area contributed by atoms with Gasteiger partial charge in [-0.05, 0) is 17.3 Å². The van der Waals surface area contributed by atoms with E-state index >= 15 is 0 Å². The molecule has 0 spiro atoms. The number of halogens is 1. The van der Waals surface area contributed by atoms with Crippen molar-refractivity contribution in [1.82, 2.24) is 0 Å². The Balaban J connectivity index is 0.00000121. The molecule has 3 N–H and O–H groups in total. The van der Waals surface area contributed by atoms with Gasteiger partial charge in [-0.1, -0.05) is 18.2 Å². The first-order chi connectivity index (χ1) is 5.33. The molecule has 1 rings (SSSR count). The maximum absolute atomic E-state index is 8.13. The lowest BCUT2D eigenvalue weighted by atomic mass is 10.3. The zero-order valence-electron chi connectivity index (χ0n) is 6.18. The van der Waals surface area contributed by atoms with Gasteiger partial charge in [0.25, 0.3) is 0 Å². The van der Waals surface area contributed by atoms with E-state index in [4.69, 9.17) is 15.7 Å². The summed E-state index contributed by atoms with van der Waals surface area (Å²) in [6.45, 7) is 0. The number of para-hydroxylation sites is 1. The van der Waals surface area contributed by atoms with E-state index in [0.717, 1.165) is 0 Å². The van der Waals surface area contributed by atoms with E-state index in [1.165, 1.54) is 0 Å². The number of nitrogens with two attached hydrogens (primary N) is 1. The highest BCUT2D eigenvalue weighted by Gasteiger charge is 1.93. The van der Waals surface area contributed by atoms with Crippen LogP contribution in [-0.2, 0) is 0 Å². The molecule has 0 aliphatic carbocycles. The normalized spacial score (nSPS) is 10.2. The van der Waals surface area contributed by atoms with E-state index in [9.17, 15) is 0 Å². The summed E-state index contributed by atoms with van der Waals surface area (Å²) in [7, 11) is 0. The monoisotopic (exact) mass is 188 g/mol. The van der Waals surface area contributed by atoms with Crippen LogP contribution in [0.2, 0.25) is 0 Å². The molecule has 0 unspecified atom stereocenters. The number of nitrogens with zero attached hydrogens (tertiary/aromatic N) is 1. The molecule has 0 fully saturated rings. The number of hydrogen-bond donors (Lipinski definition) is 2. The Bertz CT molecular complexity index is 251. The minimum Gasteiger partial charge on any atom is -0.424 e. The molecule has 0 aliphatic rings. The summed E-state index contributed by atoms with van der Waals surface area (Å²) in [6, 6.07) is 8.58. The smallest absolute Gasteiger partial charge is 0.326 e. The lowest BCUT2D eigenvalue weighted by Gasteiger charge is -2.00. The van der Waals surface area contributed by atoms with Gasteiger partial charge in [-0.15, -0.1) is 12.4 Å². The summed E-state index contributed by atoms with van der Waals surface area (Å²) in [5, 5.41) is 10.8. The predicted octanol–water partition coefficient (Wildman–Crippen LogP) is 1.19. The fourth-order valence-electron chi connectivity index (χ4n) is 0.630. The van der Waals surface area contributed by atoms with Crippen molar-refractivity contribution in [2.45, 2.75) is 0 Å². The van der Waals surface area contributed by atoms with E-state index in [0.29, 0.717) is 5.75 Å². The van der Waals surface area contributed by atoms with Crippen molar-refractivity contribution in [1.29, 1.82) is 0 Å². The van der Waals surface area contributed by atoms with Crippen molar-refractivity contribution in [2.24, 2.45) is 10.9 Å². The first kappa shape index (κ1) is 10.6. The van der Waals surface area contributed by atoms with Crippen LogP contribution in [0.1, 0.15) is 0 Å². The average Bonchev–Trinajstić information content (AvgIpc) is 2.06. The number of benzene rings is 1.